The minimum atomic E-state index is -4.67. The molecule has 8 heteroatoms. The lowest BCUT2D eigenvalue weighted by atomic mass is 9.92. The summed E-state index contributed by atoms with van der Waals surface area (Å²) in [7, 11) is 0. The standard InChI is InChI=1S/C12H11ClF3NO3/c1-11(2,10(19)20)9(18)17-6-3-4-8(13)7(5-6)12(14,15)16/h3-5H,1-2H3,(H,17,18)(H,19,20). The molecule has 2 N–H and O–H groups in total. The van der Waals surface area contributed by atoms with E-state index in [1.165, 1.54) is 0 Å². The molecule has 0 aliphatic carbocycles. The lowest BCUT2D eigenvalue weighted by molar-refractivity contribution is -0.151. The van der Waals surface area contributed by atoms with Crippen molar-refractivity contribution in [1.82, 2.24) is 0 Å². The van der Waals surface area contributed by atoms with Crippen LogP contribution < -0.4 is 5.32 Å². The molecular weight excluding hydrogens is 299 g/mol. The van der Waals surface area contributed by atoms with E-state index in [0.717, 1.165) is 26.0 Å². The Hall–Kier alpha value is -1.76. The number of halogens is 4. The zero-order chi connectivity index (χ0) is 15.7. The molecule has 0 heterocycles. The largest absolute Gasteiger partial charge is 0.480 e. The van der Waals surface area contributed by atoms with Gasteiger partial charge in [-0.2, -0.15) is 13.2 Å². The van der Waals surface area contributed by atoms with Crippen LogP contribution in [0.4, 0.5) is 18.9 Å². The number of rotatable bonds is 3. The molecule has 20 heavy (non-hydrogen) atoms. The second-order valence-electron chi connectivity index (χ2n) is 4.58. The topological polar surface area (TPSA) is 66.4 Å². The van der Waals surface area contributed by atoms with Gasteiger partial charge in [0.2, 0.25) is 5.91 Å². The summed E-state index contributed by atoms with van der Waals surface area (Å²) in [6, 6.07) is 2.79. The molecule has 0 bridgehead atoms. The fourth-order valence-electron chi connectivity index (χ4n) is 1.20. The number of carboxylic acid groups (broad SMARTS) is 1. The van der Waals surface area contributed by atoms with E-state index in [0.29, 0.717) is 6.07 Å². The van der Waals surface area contributed by atoms with Crippen LogP contribution >= 0.6 is 11.6 Å². The van der Waals surface area contributed by atoms with Crippen molar-refractivity contribution in [3.05, 3.63) is 28.8 Å². The van der Waals surface area contributed by atoms with Gasteiger partial charge in [0.25, 0.3) is 0 Å². The Morgan fingerprint density at radius 2 is 1.80 bits per heavy atom. The number of benzene rings is 1. The summed E-state index contributed by atoms with van der Waals surface area (Å²) in [4.78, 5) is 22.6. The summed E-state index contributed by atoms with van der Waals surface area (Å²) in [5, 5.41) is 10.5. The molecule has 0 aliphatic heterocycles. The van der Waals surface area contributed by atoms with Crippen molar-refractivity contribution in [3.8, 4) is 0 Å². The number of carboxylic acids is 1. The third kappa shape index (κ3) is 3.41. The molecule has 1 aromatic carbocycles. The van der Waals surface area contributed by atoms with Crippen molar-refractivity contribution in [1.29, 1.82) is 0 Å². The molecule has 1 aromatic rings. The Morgan fingerprint density at radius 1 is 1.25 bits per heavy atom. The number of carbonyl (C=O) groups is 2. The van der Waals surface area contributed by atoms with Gasteiger partial charge in [0, 0.05) is 5.69 Å². The molecule has 110 valence electrons. The van der Waals surface area contributed by atoms with Gasteiger partial charge in [-0.15, -0.1) is 0 Å². The monoisotopic (exact) mass is 309 g/mol. The first-order valence-electron chi connectivity index (χ1n) is 5.38. The highest BCUT2D eigenvalue weighted by Gasteiger charge is 2.37. The number of hydrogen-bond donors (Lipinski definition) is 2. The van der Waals surface area contributed by atoms with E-state index in [1.54, 1.807) is 0 Å². The molecule has 0 spiro atoms. The maximum Gasteiger partial charge on any atom is 0.417 e. The number of alkyl halides is 3. The van der Waals surface area contributed by atoms with E-state index < -0.39 is 34.1 Å². The van der Waals surface area contributed by atoms with E-state index >= 15 is 0 Å². The zero-order valence-corrected chi connectivity index (χ0v) is 11.3. The fourth-order valence-corrected chi connectivity index (χ4v) is 1.43. The number of amides is 1. The van der Waals surface area contributed by atoms with Crippen molar-refractivity contribution < 1.29 is 27.9 Å². The van der Waals surface area contributed by atoms with E-state index in [1.807, 2.05) is 0 Å². The summed E-state index contributed by atoms with van der Waals surface area (Å²) in [6.45, 7) is 2.29. The summed E-state index contributed by atoms with van der Waals surface area (Å²) in [5.74, 6) is -2.32. The Bertz CT molecular complexity index is 555. The Balaban J connectivity index is 3.07. The molecule has 0 saturated heterocycles. The molecule has 0 radical (unpaired) electrons. The number of nitrogens with one attached hydrogen (secondary N) is 1. The smallest absolute Gasteiger partial charge is 0.417 e. The average molecular weight is 310 g/mol. The molecule has 0 atom stereocenters. The third-order valence-electron chi connectivity index (χ3n) is 2.63. The van der Waals surface area contributed by atoms with Crippen LogP contribution in [0, 0.1) is 5.41 Å². The van der Waals surface area contributed by atoms with E-state index in [-0.39, 0.29) is 5.69 Å². The first-order chi connectivity index (χ1) is 8.96. The highest BCUT2D eigenvalue weighted by Crippen LogP contribution is 2.36. The number of aliphatic carboxylic acids is 1. The fraction of sp³-hybridized carbons (Fsp3) is 0.333. The SMILES string of the molecule is CC(C)(C(=O)O)C(=O)Nc1ccc(Cl)c(C(F)(F)F)c1. The number of hydrogen-bond acceptors (Lipinski definition) is 2. The van der Waals surface area contributed by atoms with Crippen LogP contribution in [0.1, 0.15) is 19.4 Å². The van der Waals surface area contributed by atoms with Crippen molar-refractivity contribution in [2.75, 3.05) is 5.32 Å². The van der Waals surface area contributed by atoms with Gasteiger partial charge in [0.05, 0.1) is 10.6 Å². The molecule has 0 fully saturated rings. The summed E-state index contributed by atoms with van der Waals surface area (Å²) < 4.78 is 37.9. The second kappa shape index (κ2) is 5.32. The lowest BCUT2D eigenvalue weighted by Gasteiger charge is -2.19. The third-order valence-corrected chi connectivity index (χ3v) is 2.96. The van der Waals surface area contributed by atoms with Gasteiger partial charge in [-0.05, 0) is 32.0 Å². The van der Waals surface area contributed by atoms with Gasteiger partial charge in [-0.1, -0.05) is 11.6 Å². The Kier molecular flexibility index (Phi) is 4.33. The first-order valence-corrected chi connectivity index (χ1v) is 5.75. The Labute approximate surface area is 117 Å². The van der Waals surface area contributed by atoms with Crippen LogP contribution in [0.25, 0.3) is 0 Å². The van der Waals surface area contributed by atoms with Gasteiger partial charge in [0.1, 0.15) is 5.41 Å². The van der Waals surface area contributed by atoms with Crippen LogP contribution in [-0.4, -0.2) is 17.0 Å². The zero-order valence-electron chi connectivity index (χ0n) is 10.5. The van der Waals surface area contributed by atoms with Crippen LogP contribution in [0.3, 0.4) is 0 Å². The molecule has 0 unspecified atom stereocenters. The summed E-state index contributed by atoms with van der Waals surface area (Å²) in [6.07, 6.45) is -4.67. The minimum Gasteiger partial charge on any atom is -0.480 e. The van der Waals surface area contributed by atoms with Crippen molar-refractivity contribution in [2.45, 2.75) is 20.0 Å². The summed E-state index contributed by atoms with van der Waals surface area (Å²) >= 11 is 5.43. The van der Waals surface area contributed by atoms with Crippen LogP contribution in [0.15, 0.2) is 18.2 Å². The highest BCUT2D eigenvalue weighted by molar-refractivity contribution is 6.31. The average Bonchev–Trinajstić information content (AvgIpc) is 2.29. The predicted molar refractivity (Wildman–Crippen MR) is 66.5 cm³/mol. The van der Waals surface area contributed by atoms with Gasteiger partial charge >= 0.3 is 12.1 Å². The van der Waals surface area contributed by atoms with E-state index in [9.17, 15) is 22.8 Å². The molecule has 0 aromatic heterocycles. The van der Waals surface area contributed by atoms with Crippen molar-refractivity contribution >= 4 is 29.2 Å². The maximum absolute atomic E-state index is 12.6. The molecular formula is C12H11ClF3NO3. The highest BCUT2D eigenvalue weighted by atomic mass is 35.5. The number of carbonyl (C=O) groups excluding carboxylic acids is 1. The van der Waals surface area contributed by atoms with Crippen LogP contribution in [-0.2, 0) is 15.8 Å². The van der Waals surface area contributed by atoms with E-state index in [2.05, 4.69) is 5.32 Å². The minimum absolute atomic E-state index is 0.180. The van der Waals surface area contributed by atoms with Crippen molar-refractivity contribution in [2.24, 2.45) is 5.41 Å². The molecule has 0 saturated carbocycles. The quantitative estimate of drug-likeness (QED) is 0.841. The Morgan fingerprint density at radius 3 is 2.25 bits per heavy atom. The molecule has 0 aliphatic rings. The molecule has 4 nitrogen and oxygen atoms in total. The van der Waals surface area contributed by atoms with Crippen molar-refractivity contribution in [3.63, 3.8) is 0 Å². The van der Waals surface area contributed by atoms with Crippen LogP contribution in [0.2, 0.25) is 5.02 Å². The van der Waals surface area contributed by atoms with Gasteiger partial charge < -0.3 is 10.4 Å². The van der Waals surface area contributed by atoms with Gasteiger partial charge in [-0.25, -0.2) is 0 Å². The van der Waals surface area contributed by atoms with Crippen LogP contribution in [0.5, 0.6) is 0 Å². The van der Waals surface area contributed by atoms with Gasteiger partial charge in [-0.3, -0.25) is 9.59 Å². The normalized spacial score (nSPS) is 12.1. The maximum atomic E-state index is 12.6. The lowest BCUT2D eigenvalue weighted by Crippen LogP contribution is -2.37. The molecule has 1 amide bonds. The summed E-state index contributed by atoms with van der Waals surface area (Å²) in [5.41, 5.74) is -3.05. The predicted octanol–water partition coefficient (Wildman–Crippen LogP) is 3.41. The first kappa shape index (κ1) is 16.3. The number of anilines is 1. The van der Waals surface area contributed by atoms with Gasteiger partial charge in [0.15, 0.2) is 0 Å². The molecule has 1 rings (SSSR count). The second-order valence-corrected chi connectivity index (χ2v) is 4.98. The van der Waals surface area contributed by atoms with E-state index in [4.69, 9.17) is 16.7 Å².